The van der Waals surface area contributed by atoms with E-state index in [0.29, 0.717) is 5.56 Å². The first-order chi connectivity index (χ1) is 11.5. The lowest BCUT2D eigenvalue weighted by molar-refractivity contribution is 0.0935. The lowest BCUT2D eigenvalue weighted by Crippen LogP contribution is -2.29. The van der Waals surface area contributed by atoms with Crippen LogP contribution in [0.3, 0.4) is 0 Å². The first-order valence-electron chi connectivity index (χ1n) is 8.16. The summed E-state index contributed by atoms with van der Waals surface area (Å²) < 4.78 is 1.80. The van der Waals surface area contributed by atoms with Crippen molar-refractivity contribution in [1.29, 1.82) is 0 Å². The fraction of sp³-hybridized carbons (Fsp3) is 0.316. The van der Waals surface area contributed by atoms with Crippen LogP contribution in [0.2, 0.25) is 0 Å². The van der Waals surface area contributed by atoms with Gasteiger partial charge in [0.25, 0.3) is 5.91 Å². The maximum absolute atomic E-state index is 12.9. The number of carbonyl (C=O) groups is 1. The largest absolute Gasteiger partial charge is 0.344 e. The number of amides is 1. The van der Waals surface area contributed by atoms with Crippen molar-refractivity contribution in [2.45, 2.75) is 33.2 Å². The van der Waals surface area contributed by atoms with Crippen LogP contribution in [0.5, 0.6) is 0 Å². The number of nitrogens with one attached hydrogen (secondary N) is 1. The average Bonchev–Trinajstić information content (AvgIpc) is 2.98. The van der Waals surface area contributed by atoms with Gasteiger partial charge < -0.3 is 5.32 Å². The molecule has 0 saturated heterocycles. The third-order valence-electron chi connectivity index (χ3n) is 4.27. The first kappa shape index (κ1) is 16.2. The van der Waals surface area contributed by atoms with Gasteiger partial charge in [-0.25, -0.2) is 0 Å². The van der Waals surface area contributed by atoms with Gasteiger partial charge in [-0.2, -0.15) is 5.10 Å². The molecule has 3 rings (SSSR count). The highest BCUT2D eigenvalue weighted by atomic mass is 16.1. The Balaban J connectivity index is 1.99. The molecule has 1 aromatic carbocycles. The molecular formula is C19H22N4O. The molecule has 0 aliphatic carbocycles. The van der Waals surface area contributed by atoms with Crippen LogP contribution in [0, 0.1) is 13.8 Å². The molecule has 0 spiro atoms. The summed E-state index contributed by atoms with van der Waals surface area (Å²) in [6.45, 7) is 5.98. The quantitative estimate of drug-likeness (QED) is 0.800. The predicted molar refractivity (Wildman–Crippen MR) is 94.9 cm³/mol. The van der Waals surface area contributed by atoms with E-state index in [4.69, 9.17) is 0 Å². The second kappa shape index (κ2) is 6.43. The summed E-state index contributed by atoms with van der Waals surface area (Å²) in [6, 6.07) is 9.72. The molecule has 5 heteroatoms. The standard InChI is InChI=1S/C19H22N4O/c1-5-16(18-8-9-20-23(18)4)22-19(24)15-11-13(3)21-17-7-6-12(2)10-14(15)17/h6-11,16H,5H2,1-4H3,(H,22,24)/t16-/m0/s1. The maximum Gasteiger partial charge on any atom is 0.252 e. The SMILES string of the molecule is CC[C@H](NC(=O)c1cc(C)nc2ccc(C)cc12)c1ccnn1C. The molecule has 0 aliphatic heterocycles. The zero-order valence-corrected chi connectivity index (χ0v) is 14.5. The Labute approximate surface area is 141 Å². The second-order valence-electron chi connectivity index (χ2n) is 6.15. The molecular weight excluding hydrogens is 300 g/mol. The number of aromatic nitrogens is 3. The van der Waals surface area contributed by atoms with Gasteiger partial charge >= 0.3 is 0 Å². The smallest absolute Gasteiger partial charge is 0.252 e. The lowest BCUT2D eigenvalue weighted by atomic mass is 10.0. The molecule has 2 heterocycles. The number of rotatable bonds is 4. The minimum Gasteiger partial charge on any atom is -0.344 e. The Kier molecular flexibility index (Phi) is 4.34. The van der Waals surface area contributed by atoms with Crippen LogP contribution in [0.25, 0.3) is 10.9 Å². The zero-order valence-electron chi connectivity index (χ0n) is 14.5. The maximum atomic E-state index is 12.9. The van der Waals surface area contributed by atoms with Crippen molar-refractivity contribution in [1.82, 2.24) is 20.1 Å². The van der Waals surface area contributed by atoms with E-state index in [2.05, 4.69) is 22.3 Å². The van der Waals surface area contributed by atoms with Crippen molar-refractivity contribution < 1.29 is 4.79 Å². The van der Waals surface area contributed by atoms with E-state index in [1.54, 1.807) is 10.9 Å². The van der Waals surface area contributed by atoms with Crippen molar-refractivity contribution in [3.8, 4) is 0 Å². The van der Waals surface area contributed by atoms with E-state index in [1.807, 2.05) is 51.2 Å². The first-order valence-corrected chi connectivity index (χ1v) is 8.16. The lowest BCUT2D eigenvalue weighted by Gasteiger charge is -2.18. The number of nitrogens with zero attached hydrogens (tertiary/aromatic N) is 3. The Hall–Kier alpha value is -2.69. The molecule has 124 valence electrons. The number of benzene rings is 1. The highest BCUT2D eigenvalue weighted by molar-refractivity contribution is 6.06. The summed E-state index contributed by atoms with van der Waals surface area (Å²) in [7, 11) is 1.89. The molecule has 1 atom stereocenters. The van der Waals surface area contributed by atoms with E-state index in [0.717, 1.165) is 34.3 Å². The van der Waals surface area contributed by atoms with Crippen LogP contribution >= 0.6 is 0 Å². The molecule has 0 unspecified atom stereocenters. The molecule has 3 aromatic rings. The fourth-order valence-corrected chi connectivity index (χ4v) is 3.01. The van der Waals surface area contributed by atoms with Gasteiger partial charge in [0, 0.05) is 24.3 Å². The average molecular weight is 322 g/mol. The van der Waals surface area contributed by atoms with Crippen molar-refractivity contribution in [2.24, 2.45) is 7.05 Å². The molecule has 5 nitrogen and oxygen atoms in total. The van der Waals surface area contributed by atoms with Crippen LogP contribution in [0.4, 0.5) is 0 Å². The van der Waals surface area contributed by atoms with Crippen LogP contribution in [0.15, 0.2) is 36.5 Å². The normalized spacial score (nSPS) is 12.3. The molecule has 1 amide bonds. The summed E-state index contributed by atoms with van der Waals surface area (Å²) in [5.41, 5.74) is 4.46. The van der Waals surface area contributed by atoms with E-state index < -0.39 is 0 Å². The van der Waals surface area contributed by atoms with Gasteiger partial charge in [0.05, 0.1) is 22.8 Å². The summed E-state index contributed by atoms with van der Waals surface area (Å²) in [5.74, 6) is -0.0795. The Morgan fingerprint density at radius 3 is 2.71 bits per heavy atom. The molecule has 0 aliphatic rings. The van der Waals surface area contributed by atoms with E-state index in [-0.39, 0.29) is 11.9 Å². The van der Waals surface area contributed by atoms with Gasteiger partial charge in [0.2, 0.25) is 0 Å². The van der Waals surface area contributed by atoms with Gasteiger partial charge in [-0.15, -0.1) is 0 Å². The Morgan fingerprint density at radius 2 is 2.04 bits per heavy atom. The number of fused-ring (bicyclic) bond motifs is 1. The Morgan fingerprint density at radius 1 is 1.25 bits per heavy atom. The number of hydrogen-bond acceptors (Lipinski definition) is 3. The molecule has 0 radical (unpaired) electrons. The van der Waals surface area contributed by atoms with Gasteiger partial charge in [0.15, 0.2) is 0 Å². The zero-order chi connectivity index (χ0) is 17.3. The van der Waals surface area contributed by atoms with E-state index >= 15 is 0 Å². The number of aryl methyl sites for hydroxylation is 3. The molecule has 1 N–H and O–H groups in total. The summed E-state index contributed by atoms with van der Waals surface area (Å²) in [4.78, 5) is 17.5. The minimum atomic E-state index is -0.0795. The van der Waals surface area contributed by atoms with Gasteiger partial charge in [-0.05, 0) is 44.5 Å². The molecule has 0 fully saturated rings. The van der Waals surface area contributed by atoms with Crippen molar-refractivity contribution in [3.05, 3.63) is 59.0 Å². The van der Waals surface area contributed by atoms with Crippen LogP contribution in [-0.2, 0) is 7.05 Å². The second-order valence-corrected chi connectivity index (χ2v) is 6.15. The number of pyridine rings is 1. The van der Waals surface area contributed by atoms with Crippen molar-refractivity contribution >= 4 is 16.8 Å². The van der Waals surface area contributed by atoms with Gasteiger partial charge in [-0.3, -0.25) is 14.5 Å². The number of carbonyl (C=O) groups excluding carboxylic acids is 1. The third kappa shape index (κ3) is 3.02. The molecule has 2 aromatic heterocycles. The predicted octanol–water partition coefficient (Wildman–Crippen LogP) is 3.47. The molecule has 0 bridgehead atoms. The van der Waals surface area contributed by atoms with Crippen LogP contribution < -0.4 is 5.32 Å². The topological polar surface area (TPSA) is 59.8 Å². The summed E-state index contributed by atoms with van der Waals surface area (Å²) in [6.07, 6.45) is 2.55. The van der Waals surface area contributed by atoms with E-state index in [9.17, 15) is 4.79 Å². The van der Waals surface area contributed by atoms with Gasteiger partial charge in [0.1, 0.15) is 0 Å². The number of hydrogen-bond donors (Lipinski definition) is 1. The van der Waals surface area contributed by atoms with Gasteiger partial charge in [-0.1, -0.05) is 18.6 Å². The van der Waals surface area contributed by atoms with Crippen molar-refractivity contribution in [2.75, 3.05) is 0 Å². The van der Waals surface area contributed by atoms with Crippen LogP contribution in [-0.4, -0.2) is 20.7 Å². The monoisotopic (exact) mass is 322 g/mol. The molecule has 24 heavy (non-hydrogen) atoms. The fourth-order valence-electron chi connectivity index (χ4n) is 3.01. The van der Waals surface area contributed by atoms with Crippen LogP contribution in [0.1, 0.15) is 46.7 Å². The third-order valence-corrected chi connectivity index (χ3v) is 4.27. The van der Waals surface area contributed by atoms with E-state index in [1.165, 1.54) is 0 Å². The Bertz CT molecular complexity index is 898. The van der Waals surface area contributed by atoms with Crippen molar-refractivity contribution in [3.63, 3.8) is 0 Å². The summed E-state index contributed by atoms with van der Waals surface area (Å²) in [5, 5.41) is 8.22. The highest BCUT2D eigenvalue weighted by Gasteiger charge is 2.19. The minimum absolute atomic E-state index is 0.0710. The summed E-state index contributed by atoms with van der Waals surface area (Å²) >= 11 is 0. The highest BCUT2D eigenvalue weighted by Crippen LogP contribution is 2.22. The molecule has 0 saturated carbocycles.